The number of aryl methyl sites for hydroxylation is 2. The maximum absolute atomic E-state index is 4.69. The molecule has 0 aliphatic heterocycles. The number of nitrogens with zero attached hydrogens (tertiary/aromatic N) is 2. The van der Waals surface area contributed by atoms with Crippen molar-refractivity contribution in [2.45, 2.75) is 46.0 Å². The van der Waals surface area contributed by atoms with Gasteiger partial charge in [0.05, 0.1) is 5.69 Å². The van der Waals surface area contributed by atoms with E-state index >= 15 is 0 Å². The van der Waals surface area contributed by atoms with Crippen LogP contribution in [0, 0.1) is 13.8 Å². The Morgan fingerprint density at radius 1 is 1.05 bits per heavy atom. The average molecular weight is 299 g/mol. The molecule has 2 aromatic rings. The van der Waals surface area contributed by atoms with Gasteiger partial charge in [0.1, 0.15) is 0 Å². The van der Waals surface area contributed by atoms with Gasteiger partial charge in [-0.2, -0.15) is 5.10 Å². The van der Waals surface area contributed by atoms with Crippen LogP contribution < -0.4 is 5.43 Å². The molecule has 0 amide bonds. The van der Waals surface area contributed by atoms with E-state index in [-0.39, 0.29) is 0 Å². The molecule has 21 heavy (non-hydrogen) atoms. The monoisotopic (exact) mass is 299 g/mol. The molecule has 1 aliphatic rings. The van der Waals surface area contributed by atoms with Gasteiger partial charge in [-0.15, -0.1) is 11.3 Å². The first-order valence-electron chi connectivity index (χ1n) is 7.58. The predicted molar refractivity (Wildman–Crippen MR) is 91.2 cm³/mol. The summed E-state index contributed by atoms with van der Waals surface area (Å²) in [5.41, 5.74) is 7.94. The third kappa shape index (κ3) is 3.50. The summed E-state index contributed by atoms with van der Waals surface area (Å²) in [6.07, 6.45) is 6.13. The Morgan fingerprint density at radius 2 is 1.76 bits per heavy atom. The van der Waals surface area contributed by atoms with Crippen LogP contribution in [-0.2, 0) is 0 Å². The molecule has 1 N–H and O–H groups in total. The second-order valence-corrected chi connectivity index (χ2v) is 6.84. The molecule has 4 heteroatoms. The Labute approximate surface area is 130 Å². The second kappa shape index (κ2) is 6.39. The van der Waals surface area contributed by atoms with Crippen molar-refractivity contribution >= 4 is 22.2 Å². The molecular weight excluding hydrogens is 278 g/mol. The molecule has 110 valence electrons. The van der Waals surface area contributed by atoms with Gasteiger partial charge in [-0.25, -0.2) is 4.98 Å². The summed E-state index contributed by atoms with van der Waals surface area (Å²) in [6, 6.07) is 8.52. The summed E-state index contributed by atoms with van der Waals surface area (Å²) < 4.78 is 0. The number of rotatable bonds is 3. The van der Waals surface area contributed by atoms with Gasteiger partial charge < -0.3 is 0 Å². The van der Waals surface area contributed by atoms with Gasteiger partial charge in [0.25, 0.3) is 0 Å². The van der Waals surface area contributed by atoms with Gasteiger partial charge in [0.2, 0.25) is 5.13 Å². The predicted octanol–water partition coefficient (Wildman–Crippen LogP) is 5.16. The van der Waals surface area contributed by atoms with Crippen LogP contribution >= 0.6 is 11.3 Å². The molecule has 0 radical (unpaired) electrons. The van der Waals surface area contributed by atoms with Crippen LogP contribution in [0.5, 0.6) is 0 Å². The molecule has 0 unspecified atom stereocenters. The minimum atomic E-state index is 0.890. The van der Waals surface area contributed by atoms with Crippen LogP contribution in [0.25, 0.3) is 11.3 Å². The number of thiazole rings is 1. The van der Waals surface area contributed by atoms with E-state index in [4.69, 9.17) is 4.98 Å². The molecule has 0 bridgehead atoms. The minimum absolute atomic E-state index is 0.890. The first kappa shape index (κ1) is 14.3. The zero-order chi connectivity index (χ0) is 14.7. The molecule has 1 aromatic carbocycles. The lowest BCUT2D eigenvalue weighted by atomic mass is 9.99. The number of benzene rings is 1. The van der Waals surface area contributed by atoms with Gasteiger partial charge >= 0.3 is 0 Å². The fourth-order valence-electron chi connectivity index (χ4n) is 2.62. The van der Waals surface area contributed by atoms with E-state index in [9.17, 15) is 0 Å². The Morgan fingerprint density at radius 3 is 2.48 bits per heavy atom. The quantitative estimate of drug-likeness (QED) is 0.795. The third-order valence-corrected chi connectivity index (χ3v) is 4.74. The summed E-state index contributed by atoms with van der Waals surface area (Å²) in [5.74, 6) is 0. The lowest BCUT2D eigenvalue weighted by Crippen LogP contribution is -2.07. The third-order valence-electron chi connectivity index (χ3n) is 3.86. The van der Waals surface area contributed by atoms with Crippen LogP contribution in [0.1, 0.15) is 42.5 Å². The van der Waals surface area contributed by atoms with E-state index in [0.29, 0.717) is 0 Å². The van der Waals surface area contributed by atoms with Crippen molar-refractivity contribution in [1.82, 2.24) is 4.98 Å². The highest BCUT2D eigenvalue weighted by atomic mass is 32.1. The first-order valence-corrected chi connectivity index (χ1v) is 8.40. The van der Waals surface area contributed by atoms with Gasteiger partial charge in [-0.05, 0) is 39.5 Å². The van der Waals surface area contributed by atoms with Crippen LogP contribution in [-0.4, -0.2) is 10.7 Å². The van der Waals surface area contributed by atoms with Gasteiger partial charge in [-0.3, -0.25) is 5.43 Å². The van der Waals surface area contributed by atoms with Crippen molar-refractivity contribution in [2.75, 3.05) is 5.43 Å². The van der Waals surface area contributed by atoms with Crippen molar-refractivity contribution in [1.29, 1.82) is 0 Å². The largest absolute Gasteiger partial charge is 0.253 e. The Hall–Kier alpha value is -1.68. The number of hydrazone groups is 1. The van der Waals surface area contributed by atoms with Crippen LogP contribution in [0.15, 0.2) is 29.4 Å². The molecular formula is C17H21N3S. The maximum Gasteiger partial charge on any atom is 0.204 e. The van der Waals surface area contributed by atoms with E-state index in [1.165, 1.54) is 41.0 Å². The highest BCUT2D eigenvalue weighted by Crippen LogP contribution is 2.30. The lowest BCUT2D eigenvalue weighted by Gasteiger charge is -2.11. The van der Waals surface area contributed by atoms with Crippen LogP contribution in [0.2, 0.25) is 0 Å². The van der Waals surface area contributed by atoms with E-state index in [1.54, 1.807) is 11.3 Å². The van der Waals surface area contributed by atoms with E-state index in [2.05, 4.69) is 48.6 Å². The Balaban J connectivity index is 1.76. The van der Waals surface area contributed by atoms with Crippen molar-refractivity contribution in [2.24, 2.45) is 5.10 Å². The zero-order valence-electron chi connectivity index (χ0n) is 12.6. The standard InChI is InChI=1S/C17H21N3S/c1-12-8-10-14(11-9-12)16-13(2)21-17(18-16)20-19-15-6-4-3-5-7-15/h8-11H,3-7H2,1-2H3,(H,18,20). The molecule has 1 aliphatic carbocycles. The minimum Gasteiger partial charge on any atom is -0.253 e. The number of hydrogen-bond acceptors (Lipinski definition) is 4. The zero-order valence-corrected chi connectivity index (χ0v) is 13.5. The van der Waals surface area contributed by atoms with Crippen molar-refractivity contribution in [3.8, 4) is 11.3 Å². The molecule has 0 atom stereocenters. The highest BCUT2D eigenvalue weighted by molar-refractivity contribution is 7.15. The fourth-order valence-corrected chi connectivity index (χ4v) is 3.40. The molecule has 1 saturated carbocycles. The Bertz CT molecular complexity index is 633. The number of aromatic nitrogens is 1. The van der Waals surface area contributed by atoms with Crippen molar-refractivity contribution in [3.63, 3.8) is 0 Å². The molecule has 3 nitrogen and oxygen atoms in total. The Kier molecular flexibility index (Phi) is 4.34. The molecule has 1 fully saturated rings. The lowest BCUT2D eigenvalue weighted by molar-refractivity contribution is 0.665. The smallest absolute Gasteiger partial charge is 0.204 e. The number of anilines is 1. The van der Waals surface area contributed by atoms with Crippen LogP contribution in [0.3, 0.4) is 0 Å². The van der Waals surface area contributed by atoms with Gasteiger partial charge in [0, 0.05) is 16.2 Å². The molecule has 0 saturated heterocycles. The van der Waals surface area contributed by atoms with Gasteiger partial charge in [0.15, 0.2) is 0 Å². The average Bonchev–Trinajstić information content (AvgIpc) is 2.88. The SMILES string of the molecule is Cc1ccc(-c2nc(NN=C3CCCCC3)sc2C)cc1. The van der Waals surface area contributed by atoms with Crippen LogP contribution in [0.4, 0.5) is 5.13 Å². The van der Waals surface area contributed by atoms with Gasteiger partial charge in [-0.1, -0.05) is 36.2 Å². The molecule has 0 spiro atoms. The summed E-state index contributed by atoms with van der Waals surface area (Å²) >= 11 is 1.67. The topological polar surface area (TPSA) is 37.3 Å². The highest BCUT2D eigenvalue weighted by Gasteiger charge is 2.10. The van der Waals surface area contributed by atoms with Crippen molar-refractivity contribution < 1.29 is 0 Å². The summed E-state index contributed by atoms with van der Waals surface area (Å²) in [4.78, 5) is 5.92. The fraction of sp³-hybridized carbons (Fsp3) is 0.412. The molecule has 3 rings (SSSR count). The first-order chi connectivity index (χ1) is 10.2. The number of nitrogens with one attached hydrogen (secondary N) is 1. The van der Waals surface area contributed by atoms with E-state index in [1.807, 2.05) is 0 Å². The normalized spacial score (nSPS) is 15.0. The summed E-state index contributed by atoms with van der Waals surface area (Å²) in [5, 5.41) is 5.42. The van der Waals surface area contributed by atoms with E-state index in [0.717, 1.165) is 23.7 Å². The molecule has 1 heterocycles. The second-order valence-electron chi connectivity index (χ2n) is 5.64. The van der Waals surface area contributed by atoms with E-state index < -0.39 is 0 Å². The van der Waals surface area contributed by atoms with Crippen molar-refractivity contribution in [3.05, 3.63) is 34.7 Å². The molecule has 1 aromatic heterocycles. The summed E-state index contributed by atoms with van der Waals surface area (Å²) in [6.45, 7) is 4.22. The maximum atomic E-state index is 4.69. The summed E-state index contributed by atoms with van der Waals surface area (Å²) in [7, 11) is 0. The number of hydrogen-bond donors (Lipinski definition) is 1.